The van der Waals surface area contributed by atoms with Crippen molar-refractivity contribution in [2.45, 2.75) is 25.3 Å². The van der Waals surface area contributed by atoms with E-state index in [4.69, 9.17) is 5.73 Å². The van der Waals surface area contributed by atoms with Gasteiger partial charge in [0.2, 0.25) is 5.91 Å². The fourth-order valence-electron chi connectivity index (χ4n) is 3.77. The van der Waals surface area contributed by atoms with Gasteiger partial charge in [-0.1, -0.05) is 36.4 Å². The maximum absolute atomic E-state index is 13.0. The first kappa shape index (κ1) is 18.9. The van der Waals surface area contributed by atoms with Crippen molar-refractivity contribution in [1.29, 1.82) is 0 Å². The molecule has 0 spiro atoms. The monoisotopic (exact) mass is 388 g/mol. The van der Waals surface area contributed by atoms with Crippen LogP contribution in [0.25, 0.3) is 10.8 Å². The number of rotatable bonds is 5. The van der Waals surface area contributed by atoms with E-state index in [2.05, 4.69) is 10.3 Å². The van der Waals surface area contributed by atoms with Crippen molar-refractivity contribution in [1.82, 2.24) is 15.2 Å². The van der Waals surface area contributed by atoms with Crippen LogP contribution >= 0.6 is 0 Å². The number of nitrogens with one attached hydrogen (secondary N) is 1. The van der Waals surface area contributed by atoms with Gasteiger partial charge in [-0.05, 0) is 42.0 Å². The van der Waals surface area contributed by atoms with Crippen LogP contribution in [0.4, 0.5) is 5.82 Å². The molecule has 1 aliphatic rings. The van der Waals surface area contributed by atoms with E-state index in [1.54, 1.807) is 18.3 Å². The number of aromatic nitrogens is 1. The highest BCUT2D eigenvalue weighted by molar-refractivity contribution is 6.01. The molecule has 29 heavy (non-hydrogen) atoms. The lowest BCUT2D eigenvalue weighted by molar-refractivity contribution is -0.133. The number of piperidine rings is 1. The third kappa shape index (κ3) is 4.21. The second-order valence-electron chi connectivity index (χ2n) is 7.37. The lowest BCUT2D eigenvalue weighted by atomic mass is 10.0. The zero-order valence-corrected chi connectivity index (χ0v) is 16.2. The number of hydrogen-bond donors (Lipinski definition) is 2. The van der Waals surface area contributed by atoms with Gasteiger partial charge in [0.25, 0.3) is 5.91 Å². The summed E-state index contributed by atoms with van der Waals surface area (Å²) in [6, 6.07) is 16.8. The van der Waals surface area contributed by atoms with Crippen LogP contribution in [0.1, 0.15) is 41.2 Å². The molecule has 0 bridgehead atoms. The molecule has 1 unspecified atom stereocenters. The number of hydrogen-bond acceptors (Lipinski definition) is 4. The Morgan fingerprint density at radius 1 is 1.14 bits per heavy atom. The Hall–Kier alpha value is -3.41. The lowest BCUT2D eigenvalue weighted by Crippen LogP contribution is -2.43. The summed E-state index contributed by atoms with van der Waals surface area (Å²) in [5.41, 5.74) is 7.46. The van der Waals surface area contributed by atoms with Crippen LogP contribution in [0, 0.1) is 0 Å². The predicted molar refractivity (Wildman–Crippen MR) is 113 cm³/mol. The maximum atomic E-state index is 13.0. The number of nitrogens with zero attached hydrogens (tertiary/aromatic N) is 2. The largest absolute Gasteiger partial charge is 0.383 e. The molecule has 148 valence electrons. The van der Waals surface area contributed by atoms with Crippen LogP contribution in [0.3, 0.4) is 0 Å². The van der Waals surface area contributed by atoms with Crippen LogP contribution in [0.2, 0.25) is 0 Å². The zero-order valence-electron chi connectivity index (χ0n) is 16.2. The molecule has 2 heterocycles. The summed E-state index contributed by atoms with van der Waals surface area (Å²) in [5.74, 6) is 0.347. The highest BCUT2D eigenvalue weighted by atomic mass is 16.2. The normalized spacial score (nSPS) is 15.3. The second kappa shape index (κ2) is 8.31. The van der Waals surface area contributed by atoms with Gasteiger partial charge in [-0.25, -0.2) is 4.98 Å². The van der Waals surface area contributed by atoms with Gasteiger partial charge in [-0.2, -0.15) is 0 Å². The molecule has 0 radical (unpaired) electrons. The van der Waals surface area contributed by atoms with Crippen molar-refractivity contribution in [2.24, 2.45) is 0 Å². The number of anilines is 1. The van der Waals surface area contributed by atoms with E-state index in [1.807, 2.05) is 47.4 Å². The number of fused-ring (bicyclic) bond motifs is 1. The van der Waals surface area contributed by atoms with Gasteiger partial charge in [-0.3, -0.25) is 9.59 Å². The number of carbonyl (C=O) groups excluding carboxylic acids is 2. The molecule has 1 fully saturated rings. The van der Waals surface area contributed by atoms with Gasteiger partial charge in [0.05, 0.1) is 6.04 Å². The molecule has 0 aliphatic carbocycles. The Labute approximate surface area is 169 Å². The average Bonchev–Trinajstić information content (AvgIpc) is 2.75. The molecule has 1 aliphatic heterocycles. The van der Waals surface area contributed by atoms with Crippen LogP contribution in [0.15, 0.2) is 60.8 Å². The number of pyridine rings is 1. The number of benzene rings is 2. The molecule has 2 aromatic carbocycles. The van der Waals surface area contributed by atoms with Gasteiger partial charge >= 0.3 is 0 Å². The SMILES string of the molecule is Nc1nccc2ccc(C(=O)NC(CN3CCCCC3=O)c3ccccc3)cc12. The standard InChI is InChI=1S/C23H24N4O2/c24-22-19-14-18(10-9-16(19)11-12-25-22)23(29)26-20(17-6-2-1-3-7-17)15-27-13-5-4-8-21(27)28/h1-3,6-7,9-12,14,20H,4-5,8,13,15H2,(H2,24,25)(H,26,29). The fourth-order valence-corrected chi connectivity index (χ4v) is 3.77. The molecular formula is C23H24N4O2. The zero-order chi connectivity index (χ0) is 20.2. The maximum Gasteiger partial charge on any atom is 0.251 e. The van der Waals surface area contributed by atoms with Gasteiger partial charge in [0, 0.05) is 36.7 Å². The number of carbonyl (C=O) groups is 2. The van der Waals surface area contributed by atoms with E-state index in [1.165, 1.54) is 0 Å². The predicted octanol–water partition coefficient (Wildman–Crippen LogP) is 3.30. The van der Waals surface area contributed by atoms with Crippen molar-refractivity contribution < 1.29 is 9.59 Å². The molecular weight excluding hydrogens is 364 g/mol. The number of nitrogens with two attached hydrogens (primary N) is 1. The minimum absolute atomic E-state index is 0.149. The molecule has 6 heteroatoms. The minimum Gasteiger partial charge on any atom is -0.383 e. The third-order valence-corrected chi connectivity index (χ3v) is 5.39. The average molecular weight is 388 g/mol. The molecule has 3 aromatic rings. The molecule has 6 nitrogen and oxygen atoms in total. The smallest absolute Gasteiger partial charge is 0.251 e. The topological polar surface area (TPSA) is 88.3 Å². The molecule has 1 aromatic heterocycles. The number of likely N-dealkylation sites (tertiary alicyclic amines) is 1. The summed E-state index contributed by atoms with van der Waals surface area (Å²) >= 11 is 0. The van der Waals surface area contributed by atoms with Gasteiger partial charge in [0.1, 0.15) is 5.82 Å². The van der Waals surface area contributed by atoms with Crippen molar-refractivity contribution in [3.05, 3.63) is 71.9 Å². The molecule has 3 N–H and O–H groups in total. The van der Waals surface area contributed by atoms with Gasteiger partial charge < -0.3 is 16.0 Å². The Morgan fingerprint density at radius 3 is 2.76 bits per heavy atom. The highest BCUT2D eigenvalue weighted by Crippen LogP contribution is 2.22. The van der Waals surface area contributed by atoms with E-state index in [0.717, 1.165) is 35.7 Å². The number of nitrogen functional groups attached to an aromatic ring is 1. The lowest BCUT2D eigenvalue weighted by Gasteiger charge is -2.31. The Bertz CT molecular complexity index is 1040. The van der Waals surface area contributed by atoms with Crippen LogP contribution in [0.5, 0.6) is 0 Å². The van der Waals surface area contributed by atoms with E-state index >= 15 is 0 Å². The summed E-state index contributed by atoms with van der Waals surface area (Å²) in [7, 11) is 0. The quantitative estimate of drug-likeness (QED) is 0.702. The minimum atomic E-state index is -0.285. The molecule has 2 amide bonds. The summed E-state index contributed by atoms with van der Waals surface area (Å²) in [5, 5.41) is 4.80. The molecule has 4 rings (SSSR count). The van der Waals surface area contributed by atoms with E-state index in [0.29, 0.717) is 24.3 Å². The van der Waals surface area contributed by atoms with Crippen LogP contribution in [-0.4, -0.2) is 34.8 Å². The molecule has 1 atom stereocenters. The number of amides is 2. The second-order valence-corrected chi connectivity index (χ2v) is 7.37. The molecule has 1 saturated heterocycles. The first-order chi connectivity index (χ1) is 14.1. The summed E-state index contributed by atoms with van der Waals surface area (Å²) in [6.45, 7) is 1.20. The summed E-state index contributed by atoms with van der Waals surface area (Å²) < 4.78 is 0. The Balaban J connectivity index is 1.59. The van der Waals surface area contributed by atoms with Crippen molar-refractivity contribution in [2.75, 3.05) is 18.8 Å². The van der Waals surface area contributed by atoms with E-state index in [-0.39, 0.29) is 17.9 Å². The van der Waals surface area contributed by atoms with Gasteiger partial charge in [-0.15, -0.1) is 0 Å². The van der Waals surface area contributed by atoms with E-state index < -0.39 is 0 Å². The first-order valence-corrected chi connectivity index (χ1v) is 9.89. The third-order valence-electron chi connectivity index (χ3n) is 5.39. The highest BCUT2D eigenvalue weighted by Gasteiger charge is 2.24. The summed E-state index contributed by atoms with van der Waals surface area (Å²) in [6.07, 6.45) is 4.16. The first-order valence-electron chi connectivity index (χ1n) is 9.89. The van der Waals surface area contributed by atoms with E-state index in [9.17, 15) is 9.59 Å². The van der Waals surface area contributed by atoms with Gasteiger partial charge in [0.15, 0.2) is 0 Å². The van der Waals surface area contributed by atoms with Crippen molar-refractivity contribution >= 4 is 28.4 Å². The summed E-state index contributed by atoms with van der Waals surface area (Å²) in [4.78, 5) is 31.3. The van der Waals surface area contributed by atoms with Crippen molar-refractivity contribution in [3.8, 4) is 0 Å². The van der Waals surface area contributed by atoms with Crippen LogP contribution < -0.4 is 11.1 Å². The van der Waals surface area contributed by atoms with Crippen molar-refractivity contribution in [3.63, 3.8) is 0 Å². The Kier molecular flexibility index (Phi) is 5.42. The van der Waals surface area contributed by atoms with Crippen LogP contribution in [-0.2, 0) is 4.79 Å². The molecule has 0 saturated carbocycles. The Morgan fingerprint density at radius 2 is 1.97 bits per heavy atom. The fraction of sp³-hybridized carbons (Fsp3) is 0.261.